The van der Waals surface area contributed by atoms with Gasteiger partial charge in [-0.1, -0.05) is 0 Å². The van der Waals surface area contributed by atoms with E-state index < -0.39 is 0 Å². The molecule has 1 fully saturated rings. The molecule has 1 atom stereocenters. The number of aliphatic hydroxyl groups excluding tert-OH is 1. The van der Waals surface area contributed by atoms with Crippen LogP contribution in [0.1, 0.15) is 20.3 Å². The summed E-state index contributed by atoms with van der Waals surface area (Å²) in [4.78, 5) is 2.44. The first-order chi connectivity index (χ1) is 5.24. The molecule has 0 spiro atoms. The Balaban J connectivity index is 2.34. The number of hydrogen-bond acceptors (Lipinski definition) is 2. The first kappa shape index (κ1) is 8.60. The van der Waals surface area contributed by atoms with Gasteiger partial charge in [0.25, 0.3) is 0 Å². The Labute approximate surface area is 68.5 Å². The average molecular weight is 155 g/mol. The second kappa shape index (κ2) is 3.77. The Morgan fingerprint density at radius 3 is 2.73 bits per heavy atom. The minimum Gasteiger partial charge on any atom is -0.516 e. The molecule has 1 rings (SSSR count). The predicted molar refractivity (Wildman–Crippen MR) is 46.6 cm³/mol. The van der Waals surface area contributed by atoms with Gasteiger partial charge in [-0.25, -0.2) is 0 Å². The zero-order valence-electron chi connectivity index (χ0n) is 7.33. The summed E-state index contributed by atoms with van der Waals surface area (Å²) in [6.07, 6.45) is 4.26. The molecular weight excluding hydrogens is 138 g/mol. The molecule has 0 unspecified atom stereocenters. The van der Waals surface area contributed by atoms with Crippen LogP contribution in [-0.4, -0.2) is 29.1 Å². The SMILES string of the molecule is CC(C)N1CC[C@@H](/C=C/O)C1. The lowest BCUT2D eigenvalue weighted by atomic mass is 10.1. The number of hydrogen-bond donors (Lipinski definition) is 1. The standard InChI is InChI=1S/C9H17NO/c1-8(2)10-5-3-9(7-10)4-6-11/h4,6,8-9,11H,3,5,7H2,1-2H3/b6-4+/t9-/m0/s1. The molecule has 1 aliphatic heterocycles. The molecule has 0 amide bonds. The van der Waals surface area contributed by atoms with Crippen LogP contribution in [0.25, 0.3) is 0 Å². The van der Waals surface area contributed by atoms with Gasteiger partial charge in [-0.05, 0) is 38.8 Å². The first-order valence-corrected chi connectivity index (χ1v) is 4.29. The molecular formula is C9H17NO. The van der Waals surface area contributed by atoms with Crippen LogP contribution in [0.5, 0.6) is 0 Å². The predicted octanol–water partition coefficient (Wildman–Crippen LogP) is 1.79. The van der Waals surface area contributed by atoms with E-state index in [1.54, 1.807) is 0 Å². The van der Waals surface area contributed by atoms with Crippen molar-refractivity contribution in [3.05, 3.63) is 12.3 Å². The van der Waals surface area contributed by atoms with E-state index in [0.29, 0.717) is 12.0 Å². The number of aliphatic hydroxyl groups is 1. The highest BCUT2D eigenvalue weighted by molar-refractivity contribution is 4.90. The minimum atomic E-state index is 0.572. The fourth-order valence-electron chi connectivity index (χ4n) is 1.56. The molecule has 0 aromatic heterocycles. The molecule has 11 heavy (non-hydrogen) atoms. The van der Waals surface area contributed by atoms with E-state index in [0.717, 1.165) is 6.54 Å². The minimum absolute atomic E-state index is 0.572. The van der Waals surface area contributed by atoms with E-state index in [1.807, 2.05) is 6.08 Å². The largest absolute Gasteiger partial charge is 0.516 e. The summed E-state index contributed by atoms with van der Waals surface area (Å²) >= 11 is 0. The fraction of sp³-hybridized carbons (Fsp3) is 0.778. The second-order valence-corrected chi connectivity index (χ2v) is 3.48. The van der Waals surface area contributed by atoms with Crippen LogP contribution in [0, 0.1) is 5.92 Å². The topological polar surface area (TPSA) is 23.5 Å². The molecule has 0 bridgehead atoms. The summed E-state index contributed by atoms with van der Waals surface area (Å²) in [6, 6.07) is 0.645. The van der Waals surface area contributed by atoms with Crippen molar-refractivity contribution < 1.29 is 5.11 Å². The van der Waals surface area contributed by atoms with Crippen LogP contribution >= 0.6 is 0 Å². The van der Waals surface area contributed by atoms with Gasteiger partial charge in [-0.2, -0.15) is 0 Å². The van der Waals surface area contributed by atoms with Gasteiger partial charge in [0.2, 0.25) is 0 Å². The van der Waals surface area contributed by atoms with Gasteiger partial charge in [0.1, 0.15) is 0 Å². The Bertz CT molecular complexity index is 142. The van der Waals surface area contributed by atoms with Crippen molar-refractivity contribution in [1.29, 1.82) is 0 Å². The molecule has 1 saturated heterocycles. The first-order valence-electron chi connectivity index (χ1n) is 4.29. The van der Waals surface area contributed by atoms with Crippen LogP contribution in [0.15, 0.2) is 12.3 Å². The third-order valence-electron chi connectivity index (χ3n) is 2.34. The number of rotatable bonds is 2. The summed E-state index contributed by atoms with van der Waals surface area (Å²) in [7, 11) is 0. The Hall–Kier alpha value is -0.500. The van der Waals surface area contributed by atoms with Crippen LogP contribution in [0.2, 0.25) is 0 Å². The fourth-order valence-corrected chi connectivity index (χ4v) is 1.56. The summed E-state index contributed by atoms with van der Waals surface area (Å²) in [5.41, 5.74) is 0. The lowest BCUT2D eigenvalue weighted by Crippen LogP contribution is -2.27. The van der Waals surface area contributed by atoms with Crippen molar-refractivity contribution in [2.45, 2.75) is 26.3 Å². The van der Waals surface area contributed by atoms with Gasteiger partial charge in [0.05, 0.1) is 6.26 Å². The molecule has 0 saturated carbocycles. The quantitative estimate of drug-likeness (QED) is 0.614. The highest BCUT2D eigenvalue weighted by Crippen LogP contribution is 2.18. The monoisotopic (exact) mass is 155 g/mol. The van der Waals surface area contributed by atoms with E-state index in [4.69, 9.17) is 5.11 Å². The Morgan fingerprint density at radius 2 is 2.27 bits per heavy atom. The normalized spacial score (nSPS) is 27.4. The Morgan fingerprint density at radius 1 is 1.55 bits per heavy atom. The molecule has 64 valence electrons. The van der Waals surface area contributed by atoms with E-state index >= 15 is 0 Å². The van der Waals surface area contributed by atoms with E-state index in [1.165, 1.54) is 19.2 Å². The van der Waals surface area contributed by atoms with E-state index in [-0.39, 0.29) is 0 Å². The third kappa shape index (κ3) is 2.22. The molecule has 2 nitrogen and oxygen atoms in total. The summed E-state index contributed by atoms with van der Waals surface area (Å²) < 4.78 is 0. The lowest BCUT2D eigenvalue weighted by Gasteiger charge is -2.19. The highest BCUT2D eigenvalue weighted by atomic mass is 16.2. The maximum Gasteiger partial charge on any atom is 0.0755 e. The van der Waals surface area contributed by atoms with Gasteiger partial charge in [-0.15, -0.1) is 0 Å². The molecule has 0 aromatic rings. The molecule has 1 heterocycles. The van der Waals surface area contributed by atoms with Gasteiger partial charge in [0, 0.05) is 12.6 Å². The zero-order chi connectivity index (χ0) is 8.27. The maximum atomic E-state index is 8.55. The van der Waals surface area contributed by atoms with E-state index in [2.05, 4.69) is 18.7 Å². The van der Waals surface area contributed by atoms with Gasteiger partial charge < -0.3 is 10.0 Å². The van der Waals surface area contributed by atoms with E-state index in [9.17, 15) is 0 Å². The molecule has 0 aliphatic carbocycles. The van der Waals surface area contributed by atoms with Gasteiger partial charge in [0.15, 0.2) is 0 Å². The highest BCUT2D eigenvalue weighted by Gasteiger charge is 2.21. The molecule has 1 aliphatic rings. The summed E-state index contributed by atoms with van der Waals surface area (Å²) in [5.74, 6) is 0.572. The van der Waals surface area contributed by atoms with Crippen LogP contribution < -0.4 is 0 Å². The van der Waals surface area contributed by atoms with Crippen molar-refractivity contribution in [3.8, 4) is 0 Å². The molecule has 1 N–H and O–H groups in total. The molecule has 0 radical (unpaired) electrons. The second-order valence-electron chi connectivity index (χ2n) is 3.48. The number of nitrogens with zero attached hydrogens (tertiary/aromatic N) is 1. The smallest absolute Gasteiger partial charge is 0.0755 e. The molecule has 2 heteroatoms. The van der Waals surface area contributed by atoms with Crippen LogP contribution in [0.3, 0.4) is 0 Å². The van der Waals surface area contributed by atoms with Crippen molar-refractivity contribution in [1.82, 2.24) is 4.90 Å². The number of likely N-dealkylation sites (tertiary alicyclic amines) is 1. The van der Waals surface area contributed by atoms with Crippen molar-refractivity contribution in [2.75, 3.05) is 13.1 Å². The summed E-state index contributed by atoms with van der Waals surface area (Å²) in [5, 5.41) is 8.55. The lowest BCUT2D eigenvalue weighted by molar-refractivity contribution is 0.270. The van der Waals surface area contributed by atoms with Crippen molar-refractivity contribution in [2.24, 2.45) is 5.92 Å². The van der Waals surface area contributed by atoms with Gasteiger partial charge in [-0.3, -0.25) is 0 Å². The van der Waals surface area contributed by atoms with Crippen molar-refractivity contribution in [3.63, 3.8) is 0 Å². The Kier molecular flexibility index (Phi) is 2.94. The zero-order valence-corrected chi connectivity index (χ0v) is 7.33. The third-order valence-corrected chi connectivity index (χ3v) is 2.34. The van der Waals surface area contributed by atoms with Crippen LogP contribution in [0.4, 0.5) is 0 Å². The molecule has 0 aromatic carbocycles. The van der Waals surface area contributed by atoms with Crippen LogP contribution in [-0.2, 0) is 0 Å². The van der Waals surface area contributed by atoms with Crippen molar-refractivity contribution >= 4 is 0 Å². The average Bonchev–Trinajstić information content (AvgIpc) is 2.37. The summed E-state index contributed by atoms with van der Waals surface area (Å²) in [6.45, 7) is 6.71. The van der Waals surface area contributed by atoms with Gasteiger partial charge >= 0.3 is 0 Å². The maximum absolute atomic E-state index is 8.55.